The van der Waals surface area contributed by atoms with Crippen LogP contribution in [0, 0.1) is 0 Å². The van der Waals surface area contributed by atoms with E-state index in [-0.39, 0.29) is 11.9 Å². The van der Waals surface area contributed by atoms with Crippen molar-refractivity contribution < 1.29 is 9.53 Å². The molecule has 1 N–H and O–H groups in total. The smallest absolute Gasteiger partial charge is 0.255 e. The van der Waals surface area contributed by atoms with Crippen LogP contribution < -0.4 is 15.0 Å². The number of ether oxygens (including phenoxy) is 1. The summed E-state index contributed by atoms with van der Waals surface area (Å²) in [4.78, 5) is 17.5. The molecule has 0 spiro atoms. The van der Waals surface area contributed by atoms with Crippen LogP contribution in [-0.2, 0) is 6.54 Å². The molecule has 1 unspecified atom stereocenters. The van der Waals surface area contributed by atoms with Gasteiger partial charge in [-0.25, -0.2) is 0 Å². The van der Waals surface area contributed by atoms with Crippen LogP contribution in [0.1, 0.15) is 28.8 Å². The third kappa shape index (κ3) is 4.26. The number of benzene rings is 2. The minimum atomic E-state index is -0.111. The molecule has 6 heteroatoms. The topological polar surface area (TPSA) is 44.8 Å². The highest BCUT2D eigenvalue weighted by Crippen LogP contribution is 2.37. The van der Waals surface area contributed by atoms with Crippen molar-refractivity contribution >= 4 is 23.2 Å². The maximum absolute atomic E-state index is 13.0. The molecular weight excluding hydrogens is 374 g/mol. The highest BCUT2D eigenvalue weighted by Gasteiger charge is 2.26. The molecule has 148 valence electrons. The number of nitrogens with zero attached hydrogens (tertiary/aromatic N) is 2. The first kappa shape index (κ1) is 19.1. The fraction of sp³-hybridized carbons (Fsp3) is 0.409. The Hall–Kier alpha value is -2.24. The fourth-order valence-electron chi connectivity index (χ4n) is 4.01. The number of fused-ring (bicyclic) bond motifs is 1. The van der Waals surface area contributed by atoms with Crippen molar-refractivity contribution in [3.63, 3.8) is 0 Å². The van der Waals surface area contributed by atoms with Crippen molar-refractivity contribution in [1.82, 2.24) is 10.2 Å². The number of carbonyl (C=O) groups excluding carboxylic acids is 1. The van der Waals surface area contributed by atoms with Gasteiger partial charge in [-0.05, 0) is 37.1 Å². The predicted octanol–water partition coefficient (Wildman–Crippen LogP) is 3.56. The molecule has 0 saturated carbocycles. The average Bonchev–Trinajstić information content (AvgIpc) is 2.69. The summed E-state index contributed by atoms with van der Waals surface area (Å²) in [6.07, 6.45) is 2.06. The summed E-state index contributed by atoms with van der Waals surface area (Å²) < 4.78 is 5.82. The zero-order chi connectivity index (χ0) is 19.5. The van der Waals surface area contributed by atoms with Gasteiger partial charge < -0.3 is 15.0 Å². The van der Waals surface area contributed by atoms with E-state index < -0.39 is 0 Å². The van der Waals surface area contributed by atoms with Crippen LogP contribution in [0.15, 0.2) is 42.5 Å². The summed E-state index contributed by atoms with van der Waals surface area (Å²) in [5.41, 5.74) is 2.70. The molecule has 0 bridgehead atoms. The standard InChI is InChI=1S/C22H26ClN3O2/c1-25-10-11-28-21-19(12-17(23)13-20(21)25)22(27)24-18-8-5-9-26(15-18)14-16-6-3-2-4-7-16/h2-4,6-7,12-13,18H,5,8-11,14-15H2,1H3,(H,24,27). The van der Waals surface area contributed by atoms with Crippen LogP contribution in [0.4, 0.5) is 5.69 Å². The molecule has 1 fully saturated rings. The van der Waals surface area contributed by atoms with Gasteiger partial charge >= 0.3 is 0 Å². The number of likely N-dealkylation sites (N-methyl/N-ethyl adjacent to an activating group) is 1. The van der Waals surface area contributed by atoms with Crippen LogP contribution in [0.3, 0.4) is 0 Å². The van der Waals surface area contributed by atoms with Crippen LogP contribution >= 0.6 is 11.6 Å². The van der Waals surface area contributed by atoms with Crippen molar-refractivity contribution in [2.24, 2.45) is 0 Å². The number of carbonyl (C=O) groups is 1. The second-order valence-corrected chi connectivity index (χ2v) is 8.04. The number of hydrogen-bond acceptors (Lipinski definition) is 4. The Morgan fingerprint density at radius 1 is 1.25 bits per heavy atom. The molecule has 2 aliphatic heterocycles. The molecule has 5 nitrogen and oxygen atoms in total. The maximum atomic E-state index is 13.0. The number of rotatable bonds is 4. The lowest BCUT2D eigenvalue weighted by Crippen LogP contribution is -2.47. The van der Waals surface area contributed by atoms with Gasteiger partial charge in [0.2, 0.25) is 0 Å². The summed E-state index contributed by atoms with van der Waals surface area (Å²) in [6, 6.07) is 14.2. The summed E-state index contributed by atoms with van der Waals surface area (Å²) in [6.45, 7) is 4.17. The van der Waals surface area contributed by atoms with E-state index in [4.69, 9.17) is 16.3 Å². The molecule has 1 amide bonds. The summed E-state index contributed by atoms with van der Waals surface area (Å²) in [7, 11) is 1.99. The second-order valence-electron chi connectivity index (χ2n) is 7.60. The van der Waals surface area contributed by atoms with Crippen molar-refractivity contribution in [1.29, 1.82) is 0 Å². The first-order chi connectivity index (χ1) is 13.6. The summed E-state index contributed by atoms with van der Waals surface area (Å²) in [5.74, 6) is 0.521. The van der Waals surface area contributed by atoms with Gasteiger partial charge in [-0.3, -0.25) is 9.69 Å². The second kappa shape index (κ2) is 8.41. The molecule has 2 heterocycles. The first-order valence-corrected chi connectivity index (χ1v) is 10.2. The van der Waals surface area contributed by atoms with E-state index in [1.165, 1.54) is 5.56 Å². The van der Waals surface area contributed by atoms with Gasteiger partial charge in [0.15, 0.2) is 5.75 Å². The third-order valence-corrected chi connectivity index (χ3v) is 5.67. The predicted molar refractivity (Wildman–Crippen MR) is 112 cm³/mol. The van der Waals surface area contributed by atoms with Crippen LogP contribution in [0.2, 0.25) is 5.02 Å². The van der Waals surface area contributed by atoms with E-state index in [1.54, 1.807) is 6.07 Å². The normalized spacial score (nSPS) is 19.6. The number of amides is 1. The van der Waals surface area contributed by atoms with Gasteiger partial charge in [0, 0.05) is 31.2 Å². The van der Waals surface area contributed by atoms with Crippen LogP contribution in [-0.4, -0.2) is 50.1 Å². The van der Waals surface area contributed by atoms with E-state index >= 15 is 0 Å². The zero-order valence-corrected chi connectivity index (χ0v) is 16.9. The van der Waals surface area contributed by atoms with Gasteiger partial charge in [-0.1, -0.05) is 41.9 Å². The van der Waals surface area contributed by atoms with E-state index in [0.717, 1.165) is 44.7 Å². The molecule has 1 saturated heterocycles. The number of anilines is 1. The zero-order valence-electron chi connectivity index (χ0n) is 16.2. The molecule has 2 aliphatic rings. The highest BCUT2D eigenvalue weighted by molar-refractivity contribution is 6.31. The lowest BCUT2D eigenvalue weighted by molar-refractivity contribution is 0.0896. The van der Waals surface area contributed by atoms with Gasteiger partial charge in [-0.15, -0.1) is 0 Å². The van der Waals surface area contributed by atoms with Gasteiger partial charge in [0.25, 0.3) is 5.91 Å². The molecule has 0 aliphatic carbocycles. The Bertz CT molecular complexity index is 843. The molecular formula is C22H26ClN3O2. The number of nitrogens with one attached hydrogen (secondary N) is 1. The molecule has 0 aromatic heterocycles. The summed E-state index contributed by atoms with van der Waals surface area (Å²) >= 11 is 6.28. The lowest BCUT2D eigenvalue weighted by atomic mass is 10.0. The van der Waals surface area contributed by atoms with Crippen LogP contribution in [0.25, 0.3) is 0 Å². The Morgan fingerprint density at radius 3 is 2.89 bits per heavy atom. The van der Waals surface area contributed by atoms with Gasteiger partial charge in [0.1, 0.15) is 6.61 Å². The Balaban J connectivity index is 1.45. The molecule has 2 aromatic rings. The Labute approximate surface area is 171 Å². The molecule has 0 radical (unpaired) electrons. The van der Waals surface area contributed by atoms with E-state index in [1.807, 2.05) is 19.2 Å². The number of hydrogen-bond donors (Lipinski definition) is 1. The molecule has 4 rings (SSSR count). The fourth-order valence-corrected chi connectivity index (χ4v) is 4.22. The van der Waals surface area contributed by atoms with Crippen molar-refractivity contribution in [3.05, 3.63) is 58.6 Å². The van der Waals surface area contributed by atoms with Crippen molar-refractivity contribution in [3.8, 4) is 5.75 Å². The average molecular weight is 400 g/mol. The van der Waals surface area contributed by atoms with Crippen molar-refractivity contribution in [2.75, 3.05) is 38.2 Å². The number of halogens is 1. The van der Waals surface area contributed by atoms with E-state index in [2.05, 4.69) is 39.4 Å². The van der Waals surface area contributed by atoms with Crippen LogP contribution in [0.5, 0.6) is 5.75 Å². The largest absolute Gasteiger partial charge is 0.489 e. The molecule has 1 atom stereocenters. The Morgan fingerprint density at radius 2 is 2.07 bits per heavy atom. The number of likely N-dealkylation sites (tertiary alicyclic amines) is 1. The monoisotopic (exact) mass is 399 g/mol. The van der Waals surface area contributed by atoms with E-state index in [9.17, 15) is 4.79 Å². The Kier molecular flexibility index (Phi) is 5.74. The lowest BCUT2D eigenvalue weighted by Gasteiger charge is -2.34. The van der Waals surface area contributed by atoms with Gasteiger partial charge in [0.05, 0.1) is 17.8 Å². The number of piperidine rings is 1. The van der Waals surface area contributed by atoms with E-state index in [0.29, 0.717) is 22.9 Å². The highest BCUT2D eigenvalue weighted by atomic mass is 35.5. The minimum Gasteiger partial charge on any atom is -0.489 e. The summed E-state index contributed by atoms with van der Waals surface area (Å²) in [5, 5.41) is 3.76. The first-order valence-electron chi connectivity index (χ1n) is 9.85. The SMILES string of the molecule is CN1CCOc2c(C(=O)NC3CCCN(Cc4ccccc4)C3)cc(Cl)cc21. The molecule has 28 heavy (non-hydrogen) atoms. The minimum absolute atomic E-state index is 0.111. The van der Waals surface area contributed by atoms with Gasteiger partial charge in [-0.2, -0.15) is 0 Å². The maximum Gasteiger partial charge on any atom is 0.255 e. The van der Waals surface area contributed by atoms with Crippen molar-refractivity contribution in [2.45, 2.75) is 25.4 Å². The molecule has 2 aromatic carbocycles. The third-order valence-electron chi connectivity index (χ3n) is 5.45. The quantitative estimate of drug-likeness (QED) is 0.853.